The van der Waals surface area contributed by atoms with E-state index in [1.807, 2.05) is 0 Å². The van der Waals surface area contributed by atoms with Crippen LogP contribution in [0.15, 0.2) is 48.5 Å². The minimum Gasteiger partial charge on any atom is -0.387 e. The lowest BCUT2D eigenvalue weighted by molar-refractivity contribution is 0.167. The molecule has 1 aliphatic carbocycles. The molecule has 20 heavy (non-hydrogen) atoms. The summed E-state index contributed by atoms with van der Waals surface area (Å²) in [5, 5.41) is 15.4. The monoisotopic (exact) mass is 326 g/mol. The van der Waals surface area contributed by atoms with E-state index < -0.39 is 6.10 Å². The van der Waals surface area contributed by atoms with E-state index in [0.717, 1.165) is 18.4 Å². The van der Waals surface area contributed by atoms with Crippen molar-refractivity contribution in [1.82, 2.24) is 0 Å². The quantitative estimate of drug-likeness (QED) is 0.467. The number of hydrogen-bond donors (Lipinski definition) is 1. The maximum atomic E-state index is 10.6. The summed E-state index contributed by atoms with van der Waals surface area (Å²) in [5.74, 6) is 0. The van der Waals surface area contributed by atoms with Crippen LogP contribution in [0.5, 0.6) is 0 Å². The number of aryl methyl sites for hydroxylation is 1. The molecule has 3 aromatic rings. The second-order valence-corrected chi connectivity index (χ2v) is 6.73. The van der Waals surface area contributed by atoms with Crippen molar-refractivity contribution in [3.05, 3.63) is 59.7 Å². The molecule has 3 aromatic carbocycles. The summed E-state index contributed by atoms with van der Waals surface area (Å²) in [4.78, 5) is 0.159. The Morgan fingerprint density at radius 3 is 2.50 bits per heavy atom. The predicted molar refractivity (Wildman–Crippen MR) is 87.4 cm³/mol. The summed E-state index contributed by atoms with van der Waals surface area (Å²) >= 11 is 3.61. The maximum absolute atomic E-state index is 10.6. The highest BCUT2D eigenvalue weighted by Gasteiger charge is 2.27. The first kappa shape index (κ1) is 12.4. The number of aliphatic hydroxyl groups is 1. The van der Waals surface area contributed by atoms with Gasteiger partial charge in [0.15, 0.2) is 0 Å². The third-order valence-electron chi connectivity index (χ3n) is 4.35. The molecule has 0 heterocycles. The van der Waals surface area contributed by atoms with E-state index in [4.69, 9.17) is 0 Å². The van der Waals surface area contributed by atoms with E-state index in [2.05, 4.69) is 64.5 Å². The van der Waals surface area contributed by atoms with E-state index >= 15 is 0 Å². The Hall–Kier alpha value is -1.38. The van der Waals surface area contributed by atoms with Crippen LogP contribution < -0.4 is 0 Å². The second-order valence-electron chi connectivity index (χ2n) is 5.56. The van der Waals surface area contributed by atoms with Crippen LogP contribution in [0.1, 0.15) is 23.7 Å². The molecule has 2 atom stereocenters. The molecule has 0 fully saturated rings. The molecule has 0 saturated heterocycles. The van der Waals surface area contributed by atoms with Crippen molar-refractivity contribution in [3.63, 3.8) is 0 Å². The van der Waals surface area contributed by atoms with Crippen molar-refractivity contribution in [2.24, 2.45) is 0 Å². The lowest BCUT2D eigenvalue weighted by Crippen LogP contribution is -2.20. The largest absolute Gasteiger partial charge is 0.387 e. The van der Waals surface area contributed by atoms with Crippen LogP contribution in [0.2, 0.25) is 0 Å². The molecule has 100 valence electrons. The average Bonchev–Trinajstić information content (AvgIpc) is 2.48. The Kier molecular flexibility index (Phi) is 2.83. The fourth-order valence-corrected chi connectivity index (χ4v) is 3.77. The first-order valence-corrected chi connectivity index (χ1v) is 7.92. The van der Waals surface area contributed by atoms with E-state index in [1.54, 1.807) is 0 Å². The van der Waals surface area contributed by atoms with Gasteiger partial charge in [0, 0.05) is 4.83 Å². The minimum absolute atomic E-state index is 0.159. The number of benzene rings is 3. The molecule has 0 radical (unpaired) electrons. The molecule has 0 amide bonds. The summed E-state index contributed by atoms with van der Waals surface area (Å²) < 4.78 is 0. The number of fused-ring (bicyclic) bond motifs is 4. The Labute approximate surface area is 126 Å². The standard InChI is InChI=1S/C18H15BrO/c19-16-8-7-11-5-6-14-9-12-3-1-2-4-13(12)10-15(14)17(11)18(16)20/h1-6,9-10,16,18,20H,7-8H2. The zero-order chi connectivity index (χ0) is 13.7. The zero-order valence-corrected chi connectivity index (χ0v) is 12.6. The summed E-state index contributed by atoms with van der Waals surface area (Å²) in [6.45, 7) is 0. The van der Waals surface area contributed by atoms with Crippen LogP contribution in [-0.2, 0) is 6.42 Å². The first-order chi connectivity index (χ1) is 9.74. The van der Waals surface area contributed by atoms with Gasteiger partial charge in [-0.05, 0) is 57.6 Å². The lowest BCUT2D eigenvalue weighted by Gasteiger charge is -2.27. The minimum atomic E-state index is -0.413. The van der Waals surface area contributed by atoms with Gasteiger partial charge in [-0.25, -0.2) is 0 Å². The zero-order valence-electron chi connectivity index (χ0n) is 11.0. The van der Waals surface area contributed by atoms with Crippen LogP contribution in [-0.4, -0.2) is 9.93 Å². The van der Waals surface area contributed by atoms with Gasteiger partial charge in [0.25, 0.3) is 0 Å². The van der Waals surface area contributed by atoms with Gasteiger partial charge >= 0.3 is 0 Å². The molecule has 0 spiro atoms. The molecule has 4 rings (SSSR count). The smallest absolute Gasteiger partial charge is 0.0923 e. The molecule has 2 heteroatoms. The molecule has 2 unspecified atom stereocenters. The highest BCUT2D eigenvalue weighted by Crippen LogP contribution is 2.39. The number of hydrogen-bond acceptors (Lipinski definition) is 1. The highest BCUT2D eigenvalue weighted by atomic mass is 79.9. The Morgan fingerprint density at radius 2 is 1.70 bits per heavy atom. The average molecular weight is 327 g/mol. The Morgan fingerprint density at radius 1 is 0.950 bits per heavy atom. The fraction of sp³-hybridized carbons (Fsp3) is 0.222. The molecule has 1 nitrogen and oxygen atoms in total. The van der Waals surface area contributed by atoms with Gasteiger partial charge < -0.3 is 5.11 Å². The van der Waals surface area contributed by atoms with Crippen LogP contribution in [0.3, 0.4) is 0 Å². The van der Waals surface area contributed by atoms with E-state index in [-0.39, 0.29) is 4.83 Å². The van der Waals surface area contributed by atoms with E-state index in [0.29, 0.717) is 0 Å². The maximum Gasteiger partial charge on any atom is 0.0923 e. The fourth-order valence-electron chi connectivity index (χ4n) is 3.28. The van der Waals surface area contributed by atoms with Gasteiger partial charge in [0.2, 0.25) is 0 Å². The molecule has 1 aliphatic rings. The molecule has 0 aromatic heterocycles. The van der Waals surface area contributed by atoms with Crippen molar-refractivity contribution in [3.8, 4) is 0 Å². The summed E-state index contributed by atoms with van der Waals surface area (Å²) in [5.41, 5.74) is 2.40. The Balaban J connectivity index is 2.09. The third kappa shape index (κ3) is 1.79. The molecule has 0 aliphatic heterocycles. The first-order valence-electron chi connectivity index (χ1n) is 7.00. The summed E-state index contributed by atoms with van der Waals surface area (Å²) in [7, 11) is 0. The third-order valence-corrected chi connectivity index (χ3v) is 5.30. The summed E-state index contributed by atoms with van der Waals surface area (Å²) in [6.07, 6.45) is 1.61. The highest BCUT2D eigenvalue weighted by molar-refractivity contribution is 9.09. The van der Waals surface area contributed by atoms with Crippen LogP contribution in [0.25, 0.3) is 21.5 Å². The van der Waals surface area contributed by atoms with Crippen LogP contribution >= 0.6 is 15.9 Å². The molecule has 0 saturated carbocycles. The number of alkyl halides is 1. The van der Waals surface area contributed by atoms with Gasteiger partial charge in [0.1, 0.15) is 0 Å². The van der Waals surface area contributed by atoms with Gasteiger partial charge in [-0.3, -0.25) is 0 Å². The van der Waals surface area contributed by atoms with E-state index in [9.17, 15) is 5.11 Å². The lowest BCUT2D eigenvalue weighted by atomic mass is 9.85. The van der Waals surface area contributed by atoms with Gasteiger partial charge in [-0.15, -0.1) is 0 Å². The number of rotatable bonds is 0. The van der Waals surface area contributed by atoms with Crippen molar-refractivity contribution < 1.29 is 5.11 Å². The normalized spacial score (nSPS) is 22.1. The van der Waals surface area contributed by atoms with Crippen LogP contribution in [0.4, 0.5) is 0 Å². The topological polar surface area (TPSA) is 20.2 Å². The van der Waals surface area contributed by atoms with Crippen molar-refractivity contribution in [2.75, 3.05) is 0 Å². The molecular weight excluding hydrogens is 312 g/mol. The SMILES string of the molecule is OC1c2c(ccc3cc4ccccc4cc23)CCC1Br. The van der Waals surface area contributed by atoms with Crippen molar-refractivity contribution in [2.45, 2.75) is 23.8 Å². The van der Waals surface area contributed by atoms with Crippen LogP contribution in [0, 0.1) is 0 Å². The van der Waals surface area contributed by atoms with E-state index in [1.165, 1.54) is 27.1 Å². The second kappa shape index (κ2) is 4.57. The Bertz CT molecular complexity index is 809. The van der Waals surface area contributed by atoms with Gasteiger partial charge in [-0.1, -0.05) is 52.3 Å². The van der Waals surface area contributed by atoms with Crippen molar-refractivity contribution in [1.29, 1.82) is 0 Å². The molecular formula is C18H15BrO. The predicted octanol–water partition coefficient (Wildman–Crippen LogP) is 4.74. The van der Waals surface area contributed by atoms with Gasteiger partial charge in [0.05, 0.1) is 6.10 Å². The summed E-state index contributed by atoms with van der Waals surface area (Å²) in [6, 6.07) is 17.2. The molecule has 0 bridgehead atoms. The number of aliphatic hydroxyl groups excluding tert-OH is 1. The van der Waals surface area contributed by atoms with Crippen molar-refractivity contribution >= 4 is 37.5 Å². The number of halogens is 1. The van der Waals surface area contributed by atoms with Gasteiger partial charge in [-0.2, -0.15) is 0 Å². The molecule has 1 N–H and O–H groups in total.